The Kier molecular flexibility index (Phi) is 3.68. The van der Waals surface area contributed by atoms with E-state index in [4.69, 9.17) is 0 Å². The Hall–Kier alpha value is -2.95. The lowest BCUT2D eigenvalue weighted by molar-refractivity contribution is 0.437. The predicted octanol–water partition coefficient (Wildman–Crippen LogP) is 3.56. The lowest BCUT2D eigenvalue weighted by atomic mass is 9.69. The lowest BCUT2D eigenvalue weighted by Crippen LogP contribution is -2.44. The van der Waals surface area contributed by atoms with E-state index in [0.717, 1.165) is 22.1 Å². The van der Waals surface area contributed by atoms with Crippen molar-refractivity contribution in [2.45, 2.75) is 32.1 Å². The first-order valence-corrected chi connectivity index (χ1v) is 8.69. The van der Waals surface area contributed by atoms with Gasteiger partial charge in [0, 0.05) is 16.5 Å². The van der Waals surface area contributed by atoms with Gasteiger partial charge in [0.25, 0.3) is 5.56 Å². The molecule has 5 heteroatoms. The van der Waals surface area contributed by atoms with Crippen LogP contribution in [0, 0.1) is 5.82 Å². The van der Waals surface area contributed by atoms with Crippen molar-refractivity contribution in [1.82, 2.24) is 9.55 Å². The minimum atomic E-state index is -0.631. The van der Waals surface area contributed by atoms with Crippen LogP contribution in [0.5, 0.6) is 0 Å². The van der Waals surface area contributed by atoms with Gasteiger partial charge in [-0.15, -0.1) is 0 Å². The van der Waals surface area contributed by atoms with Gasteiger partial charge in [0.2, 0.25) is 0 Å². The molecule has 0 amide bonds. The summed E-state index contributed by atoms with van der Waals surface area (Å²) in [6.07, 6.45) is 1.43. The number of nitrogens with one attached hydrogen (secondary N) is 1. The van der Waals surface area contributed by atoms with Gasteiger partial charge in [0.05, 0.1) is 11.4 Å². The summed E-state index contributed by atoms with van der Waals surface area (Å²) < 4.78 is 15.2. The topological polar surface area (TPSA) is 54.9 Å². The molecule has 0 saturated heterocycles. The third kappa shape index (κ3) is 2.27. The van der Waals surface area contributed by atoms with Gasteiger partial charge in [-0.05, 0) is 30.5 Å². The van der Waals surface area contributed by atoms with Crippen LogP contribution in [-0.2, 0) is 11.8 Å². The fraction of sp³-hybridized carbons (Fsp3) is 0.238. The van der Waals surface area contributed by atoms with Gasteiger partial charge in [-0.3, -0.25) is 4.79 Å². The van der Waals surface area contributed by atoms with E-state index in [2.05, 4.69) is 4.98 Å². The maximum absolute atomic E-state index is 14.3. The zero-order valence-electron chi connectivity index (χ0n) is 14.7. The third-order valence-corrected chi connectivity index (χ3v) is 5.45. The lowest BCUT2D eigenvalue weighted by Gasteiger charge is -2.35. The monoisotopic (exact) mass is 350 g/mol. The molecular formula is C21H19FN2O2. The Morgan fingerprint density at radius 3 is 2.54 bits per heavy atom. The number of rotatable bonds is 2. The van der Waals surface area contributed by atoms with Gasteiger partial charge in [0.15, 0.2) is 0 Å². The molecule has 26 heavy (non-hydrogen) atoms. The average Bonchev–Trinajstić information content (AvgIpc) is 2.63. The Morgan fingerprint density at radius 2 is 1.81 bits per heavy atom. The number of fused-ring (bicyclic) bond motifs is 3. The van der Waals surface area contributed by atoms with Crippen molar-refractivity contribution in [3.05, 3.63) is 86.3 Å². The highest BCUT2D eigenvalue weighted by atomic mass is 19.1. The van der Waals surface area contributed by atoms with Crippen LogP contribution in [0.2, 0.25) is 0 Å². The number of aromatic nitrogens is 2. The molecule has 0 radical (unpaired) electrons. The second kappa shape index (κ2) is 5.80. The van der Waals surface area contributed by atoms with E-state index < -0.39 is 22.5 Å². The standard InChI is InChI=1S/C21H19FN2O2/c1-3-21(2)12-13-8-4-5-9-14(13)18-17(21)19(25)24(20(26)23-18)16-11-7-6-10-15(16)22/h4-11H,3,12H2,1-2H3,(H,23,26). The van der Waals surface area contributed by atoms with E-state index in [0.29, 0.717) is 17.7 Å². The van der Waals surface area contributed by atoms with Crippen LogP contribution in [0.1, 0.15) is 31.4 Å². The van der Waals surface area contributed by atoms with Crippen molar-refractivity contribution in [1.29, 1.82) is 0 Å². The van der Waals surface area contributed by atoms with Crippen molar-refractivity contribution < 1.29 is 4.39 Å². The van der Waals surface area contributed by atoms with E-state index in [1.807, 2.05) is 38.1 Å². The molecule has 1 atom stereocenters. The summed E-state index contributed by atoms with van der Waals surface area (Å²) in [6, 6.07) is 13.6. The van der Waals surface area contributed by atoms with Crippen LogP contribution < -0.4 is 11.2 Å². The quantitative estimate of drug-likeness (QED) is 0.768. The summed E-state index contributed by atoms with van der Waals surface area (Å²) in [7, 11) is 0. The Morgan fingerprint density at radius 1 is 1.12 bits per heavy atom. The summed E-state index contributed by atoms with van der Waals surface area (Å²) in [5.41, 5.74) is 1.52. The minimum Gasteiger partial charge on any atom is -0.306 e. The number of nitrogens with zero attached hydrogens (tertiary/aromatic N) is 1. The van der Waals surface area contributed by atoms with Gasteiger partial charge in [-0.1, -0.05) is 50.2 Å². The van der Waals surface area contributed by atoms with Gasteiger partial charge >= 0.3 is 5.69 Å². The average molecular weight is 350 g/mol. The van der Waals surface area contributed by atoms with Crippen LogP contribution in [0.3, 0.4) is 0 Å². The van der Waals surface area contributed by atoms with Gasteiger partial charge < -0.3 is 4.98 Å². The van der Waals surface area contributed by atoms with E-state index in [1.165, 1.54) is 18.2 Å². The second-order valence-corrected chi connectivity index (χ2v) is 7.02. The molecule has 1 aliphatic rings. The number of para-hydroxylation sites is 1. The molecule has 3 aromatic rings. The summed E-state index contributed by atoms with van der Waals surface area (Å²) in [5, 5.41) is 0. The number of hydrogen-bond donors (Lipinski definition) is 1. The number of benzene rings is 2. The molecule has 0 bridgehead atoms. The van der Waals surface area contributed by atoms with Crippen molar-refractivity contribution >= 4 is 0 Å². The van der Waals surface area contributed by atoms with Crippen LogP contribution >= 0.6 is 0 Å². The molecule has 1 aromatic heterocycles. The third-order valence-electron chi connectivity index (χ3n) is 5.45. The molecule has 0 spiro atoms. The number of halogens is 1. The maximum Gasteiger partial charge on any atom is 0.333 e. The molecule has 0 aliphatic heterocycles. The van der Waals surface area contributed by atoms with Gasteiger partial charge in [-0.2, -0.15) is 0 Å². The zero-order chi connectivity index (χ0) is 18.5. The summed E-state index contributed by atoms with van der Waals surface area (Å²) in [6.45, 7) is 4.04. The summed E-state index contributed by atoms with van der Waals surface area (Å²) >= 11 is 0. The van der Waals surface area contributed by atoms with E-state index in [1.54, 1.807) is 6.07 Å². The van der Waals surface area contributed by atoms with Crippen molar-refractivity contribution in [2.75, 3.05) is 0 Å². The highest BCUT2D eigenvalue weighted by Gasteiger charge is 2.37. The fourth-order valence-corrected chi connectivity index (χ4v) is 3.88. The zero-order valence-corrected chi connectivity index (χ0v) is 14.7. The van der Waals surface area contributed by atoms with Crippen LogP contribution in [-0.4, -0.2) is 9.55 Å². The minimum absolute atomic E-state index is 0.0288. The molecule has 0 saturated carbocycles. The number of hydrogen-bond acceptors (Lipinski definition) is 2. The number of H-pyrrole nitrogens is 1. The molecule has 1 heterocycles. The molecule has 4 rings (SSSR count). The Labute approximate surface area is 150 Å². The van der Waals surface area contributed by atoms with E-state index in [9.17, 15) is 14.0 Å². The molecule has 4 nitrogen and oxygen atoms in total. The van der Waals surface area contributed by atoms with Crippen molar-refractivity contribution in [2.24, 2.45) is 0 Å². The van der Waals surface area contributed by atoms with Crippen LogP contribution in [0.4, 0.5) is 4.39 Å². The fourth-order valence-electron chi connectivity index (χ4n) is 3.88. The predicted molar refractivity (Wildman–Crippen MR) is 99.4 cm³/mol. The highest BCUT2D eigenvalue weighted by molar-refractivity contribution is 5.71. The van der Waals surface area contributed by atoms with Crippen molar-refractivity contribution in [3.8, 4) is 16.9 Å². The first-order valence-electron chi connectivity index (χ1n) is 8.69. The smallest absolute Gasteiger partial charge is 0.306 e. The Balaban J connectivity index is 2.12. The molecule has 0 fully saturated rings. The SMILES string of the molecule is CCC1(C)Cc2ccccc2-c2[nH]c(=O)n(-c3ccccc3F)c(=O)c21. The Bertz CT molecular complexity index is 1130. The van der Waals surface area contributed by atoms with Crippen molar-refractivity contribution in [3.63, 3.8) is 0 Å². The number of aromatic amines is 1. The summed E-state index contributed by atoms with van der Waals surface area (Å²) in [5.74, 6) is -0.602. The first-order chi connectivity index (χ1) is 12.5. The highest BCUT2D eigenvalue weighted by Crippen LogP contribution is 2.41. The molecule has 1 unspecified atom stereocenters. The molecule has 2 aromatic carbocycles. The largest absolute Gasteiger partial charge is 0.333 e. The van der Waals surface area contributed by atoms with E-state index >= 15 is 0 Å². The second-order valence-electron chi connectivity index (χ2n) is 7.02. The molecule has 1 aliphatic carbocycles. The molecular weight excluding hydrogens is 331 g/mol. The molecule has 132 valence electrons. The van der Waals surface area contributed by atoms with Gasteiger partial charge in [-0.25, -0.2) is 13.8 Å². The normalized spacial score (nSPS) is 18.3. The maximum atomic E-state index is 14.3. The van der Waals surface area contributed by atoms with Gasteiger partial charge in [0.1, 0.15) is 5.82 Å². The van der Waals surface area contributed by atoms with Crippen LogP contribution in [0.25, 0.3) is 16.9 Å². The van der Waals surface area contributed by atoms with Crippen LogP contribution in [0.15, 0.2) is 58.1 Å². The molecule has 1 N–H and O–H groups in total. The summed E-state index contributed by atoms with van der Waals surface area (Å²) in [4.78, 5) is 28.9. The van der Waals surface area contributed by atoms with E-state index in [-0.39, 0.29) is 5.69 Å². The first kappa shape index (κ1) is 16.5.